The molecule has 1 N–H and O–H groups in total. The summed E-state index contributed by atoms with van der Waals surface area (Å²) in [6.45, 7) is 0. The summed E-state index contributed by atoms with van der Waals surface area (Å²) >= 11 is 0. The number of aromatic nitrogens is 3. The first kappa shape index (κ1) is 12.8. The van der Waals surface area contributed by atoms with E-state index >= 15 is 0 Å². The van der Waals surface area contributed by atoms with Crippen LogP contribution in [0.5, 0.6) is 0 Å². The average Bonchev–Trinajstić information content (AvgIpc) is 3.11. The minimum atomic E-state index is -0.468. The maximum atomic E-state index is 13.5. The van der Waals surface area contributed by atoms with Gasteiger partial charge in [-0.3, -0.25) is 4.79 Å². The Morgan fingerprint density at radius 1 is 1.30 bits per heavy atom. The minimum absolute atomic E-state index is 0.146. The van der Waals surface area contributed by atoms with Gasteiger partial charge >= 0.3 is 0 Å². The molecule has 1 aromatic heterocycles. The minimum Gasteiger partial charge on any atom is -0.318 e. The summed E-state index contributed by atoms with van der Waals surface area (Å²) < 4.78 is 15.2. The fraction of sp³-hybridized carbons (Fsp3) is 0.357. The third-order valence-electron chi connectivity index (χ3n) is 3.56. The number of hydrogen-bond acceptors (Lipinski definition) is 3. The first-order valence-electron chi connectivity index (χ1n) is 6.72. The van der Waals surface area contributed by atoms with Gasteiger partial charge in [0.1, 0.15) is 5.82 Å². The molecule has 2 aromatic rings. The highest BCUT2D eigenvalue weighted by molar-refractivity contribution is 6.02. The zero-order chi connectivity index (χ0) is 13.9. The first-order valence-corrected chi connectivity index (χ1v) is 6.72. The molecule has 1 amide bonds. The van der Waals surface area contributed by atoms with Crippen molar-refractivity contribution in [2.45, 2.75) is 31.7 Å². The summed E-state index contributed by atoms with van der Waals surface area (Å²) in [5, 5.41) is 10.4. The van der Waals surface area contributed by atoms with Gasteiger partial charge in [-0.2, -0.15) is 0 Å². The van der Waals surface area contributed by atoms with Gasteiger partial charge < -0.3 is 5.32 Å². The van der Waals surface area contributed by atoms with Crippen molar-refractivity contribution in [3.05, 3.63) is 42.0 Å². The predicted octanol–water partition coefficient (Wildman–Crippen LogP) is 2.78. The largest absolute Gasteiger partial charge is 0.318 e. The lowest BCUT2D eigenvalue weighted by atomic mass is 10.2. The highest BCUT2D eigenvalue weighted by Crippen LogP contribution is 2.28. The summed E-state index contributed by atoms with van der Waals surface area (Å²) in [5.41, 5.74) is 0.355. The van der Waals surface area contributed by atoms with Crippen molar-refractivity contribution in [3.63, 3.8) is 0 Å². The number of hydrogen-bond donors (Lipinski definition) is 1. The third kappa shape index (κ3) is 2.54. The van der Waals surface area contributed by atoms with Gasteiger partial charge in [-0.1, -0.05) is 30.2 Å². The van der Waals surface area contributed by atoms with Crippen molar-refractivity contribution in [1.82, 2.24) is 15.0 Å². The second-order valence-electron chi connectivity index (χ2n) is 4.96. The summed E-state index contributed by atoms with van der Waals surface area (Å²) in [6.07, 6.45) is 6.13. The number of carbonyl (C=O) groups excluding carboxylic acids is 1. The molecular weight excluding hydrogens is 259 g/mol. The number of anilines is 1. The molecule has 5 nitrogen and oxygen atoms in total. The number of para-hydroxylation sites is 1. The number of nitrogens with one attached hydrogen (secondary N) is 1. The molecule has 0 spiro atoms. The van der Waals surface area contributed by atoms with Crippen LogP contribution in [0.4, 0.5) is 10.1 Å². The molecule has 1 fully saturated rings. The molecule has 1 aromatic carbocycles. The van der Waals surface area contributed by atoms with Crippen molar-refractivity contribution >= 4 is 11.6 Å². The van der Waals surface area contributed by atoms with Crippen LogP contribution in [0.3, 0.4) is 0 Å². The Labute approximate surface area is 115 Å². The molecule has 6 heteroatoms. The highest BCUT2D eigenvalue weighted by Gasteiger charge is 2.20. The second kappa shape index (κ2) is 5.40. The van der Waals surface area contributed by atoms with Crippen LogP contribution < -0.4 is 5.32 Å². The zero-order valence-corrected chi connectivity index (χ0v) is 10.9. The number of halogens is 1. The fourth-order valence-corrected chi connectivity index (χ4v) is 2.48. The Hall–Kier alpha value is -2.24. The lowest BCUT2D eigenvalue weighted by molar-refractivity contribution is 0.102. The highest BCUT2D eigenvalue weighted by atomic mass is 19.1. The average molecular weight is 274 g/mol. The molecule has 3 rings (SSSR count). The SMILES string of the molecule is O=C(Nc1ccccc1F)c1cn(C2CCCC2)nn1. The Kier molecular flexibility index (Phi) is 3.45. The van der Waals surface area contributed by atoms with Crippen LogP contribution in [0.1, 0.15) is 42.2 Å². The molecule has 0 radical (unpaired) electrons. The first-order chi connectivity index (χ1) is 9.74. The quantitative estimate of drug-likeness (QED) is 0.936. The van der Waals surface area contributed by atoms with Crippen LogP contribution in [0, 0.1) is 5.82 Å². The van der Waals surface area contributed by atoms with Crippen molar-refractivity contribution in [2.75, 3.05) is 5.32 Å². The number of rotatable bonds is 3. The Morgan fingerprint density at radius 3 is 2.80 bits per heavy atom. The van der Waals surface area contributed by atoms with Gasteiger partial charge in [-0.05, 0) is 25.0 Å². The van der Waals surface area contributed by atoms with Gasteiger partial charge in [0.2, 0.25) is 0 Å². The van der Waals surface area contributed by atoms with Crippen LogP contribution >= 0.6 is 0 Å². The molecule has 1 saturated carbocycles. The van der Waals surface area contributed by atoms with Gasteiger partial charge in [-0.25, -0.2) is 9.07 Å². The molecule has 0 aliphatic heterocycles. The Bertz CT molecular complexity index is 619. The number of benzene rings is 1. The van der Waals surface area contributed by atoms with Crippen LogP contribution in [0.25, 0.3) is 0 Å². The van der Waals surface area contributed by atoms with E-state index in [1.54, 1.807) is 23.0 Å². The molecule has 104 valence electrons. The van der Waals surface area contributed by atoms with E-state index in [1.807, 2.05) is 0 Å². The molecular formula is C14H15FN4O. The molecule has 0 bridgehead atoms. The lowest BCUT2D eigenvalue weighted by Crippen LogP contribution is -2.13. The standard InChI is InChI=1S/C14H15FN4O/c15-11-7-3-4-8-12(11)16-14(20)13-9-19(18-17-13)10-5-1-2-6-10/h3-4,7-10H,1-2,5-6H2,(H,16,20). The van der Waals surface area contributed by atoms with Gasteiger partial charge in [0.05, 0.1) is 17.9 Å². The van der Waals surface area contributed by atoms with Crippen molar-refractivity contribution in [1.29, 1.82) is 0 Å². The number of nitrogens with zero attached hydrogens (tertiary/aromatic N) is 3. The van der Waals surface area contributed by atoms with E-state index in [-0.39, 0.29) is 11.4 Å². The summed E-state index contributed by atoms with van der Waals surface area (Å²) in [6, 6.07) is 6.37. The molecule has 0 atom stereocenters. The van der Waals surface area contributed by atoms with Gasteiger partial charge in [0.25, 0.3) is 5.91 Å². The van der Waals surface area contributed by atoms with Crippen LogP contribution in [-0.2, 0) is 0 Å². The molecule has 20 heavy (non-hydrogen) atoms. The van der Waals surface area contributed by atoms with E-state index in [9.17, 15) is 9.18 Å². The van der Waals surface area contributed by atoms with E-state index in [2.05, 4.69) is 15.6 Å². The Morgan fingerprint density at radius 2 is 2.05 bits per heavy atom. The molecule has 1 aliphatic rings. The van der Waals surface area contributed by atoms with Crippen molar-refractivity contribution < 1.29 is 9.18 Å². The summed E-state index contributed by atoms with van der Waals surface area (Å²) in [4.78, 5) is 12.0. The summed E-state index contributed by atoms with van der Waals surface area (Å²) in [7, 11) is 0. The van der Waals surface area contributed by atoms with E-state index in [1.165, 1.54) is 25.0 Å². The van der Waals surface area contributed by atoms with E-state index in [4.69, 9.17) is 0 Å². The van der Waals surface area contributed by atoms with Crippen molar-refractivity contribution in [3.8, 4) is 0 Å². The van der Waals surface area contributed by atoms with Crippen LogP contribution in [0.2, 0.25) is 0 Å². The number of carbonyl (C=O) groups is 1. The normalized spacial score (nSPS) is 15.4. The molecule has 1 heterocycles. The van der Waals surface area contributed by atoms with E-state index in [0.29, 0.717) is 6.04 Å². The van der Waals surface area contributed by atoms with Gasteiger partial charge in [0, 0.05) is 0 Å². The van der Waals surface area contributed by atoms with E-state index < -0.39 is 11.7 Å². The predicted molar refractivity (Wildman–Crippen MR) is 71.9 cm³/mol. The van der Waals surface area contributed by atoms with Crippen LogP contribution in [-0.4, -0.2) is 20.9 Å². The molecule has 0 saturated heterocycles. The van der Waals surface area contributed by atoms with E-state index in [0.717, 1.165) is 12.8 Å². The Balaban J connectivity index is 1.73. The monoisotopic (exact) mass is 274 g/mol. The fourth-order valence-electron chi connectivity index (χ4n) is 2.48. The summed E-state index contributed by atoms with van der Waals surface area (Å²) in [5.74, 6) is -0.914. The maximum Gasteiger partial charge on any atom is 0.277 e. The van der Waals surface area contributed by atoms with Gasteiger partial charge in [-0.15, -0.1) is 5.10 Å². The number of amides is 1. The topological polar surface area (TPSA) is 59.8 Å². The second-order valence-corrected chi connectivity index (χ2v) is 4.96. The lowest BCUT2D eigenvalue weighted by Gasteiger charge is -2.07. The third-order valence-corrected chi connectivity index (χ3v) is 3.56. The van der Waals surface area contributed by atoms with Gasteiger partial charge in [0.15, 0.2) is 5.69 Å². The maximum absolute atomic E-state index is 13.5. The van der Waals surface area contributed by atoms with Crippen LogP contribution in [0.15, 0.2) is 30.5 Å². The van der Waals surface area contributed by atoms with Crippen molar-refractivity contribution in [2.24, 2.45) is 0 Å². The smallest absolute Gasteiger partial charge is 0.277 e. The molecule has 1 aliphatic carbocycles. The zero-order valence-electron chi connectivity index (χ0n) is 10.9. The molecule has 0 unspecified atom stereocenters.